The summed E-state index contributed by atoms with van der Waals surface area (Å²) in [7, 11) is 0. The van der Waals surface area contributed by atoms with E-state index in [1.165, 1.54) is 0 Å². The molecule has 0 aliphatic rings. The molecule has 0 atom stereocenters. The maximum absolute atomic E-state index is 11.2. The van der Waals surface area contributed by atoms with Gasteiger partial charge in [-0.15, -0.1) is 0 Å². The molecular weight excluding hydrogens is 295 g/mol. The van der Waals surface area contributed by atoms with Gasteiger partial charge in [0.05, 0.1) is 5.56 Å². The quantitative estimate of drug-likeness (QED) is 0.749. The number of carbonyl (C=O) groups is 1. The number of carbonyl (C=O) groups excluding carboxylic acids is 1. The average Bonchev–Trinajstić information content (AvgIpc) is 2.78. The smallest absolute Gasteiger partial charge is 0.153 e. The first-order valence-electron chi connectivity index (χ1n) is 6.48. The van der Waals surface area contributed by atoms with Gasteiger partial charge in [0.25, 0.3) is 0 Å². The van der Waals surface area contributed by atoms with Crippen molar-refractivity contribution >= 4 is 29.5 Å². The van der Waals surface area contributed by atoms with Crippen molar-refractivity contribution in [3.05, 3.63) is 40.0 Å². The Morgan fingerprint density at radius 2 is 1.90 bits per heavy atom. The number of hydrogen-bond acceptors (Lipinski definition) is 2. The topological polar surface area (TPSA) is 34.9 Å². The fourth-order valence-electron chi connectivity index (χ4n) is 1.94. The number of nitrogens with zero attached hydrogens (tertiary/aromatic N) is 2. The monoisotopic (exact) mass is 310 g/mol. The van der Waals surface area contributed by atoms with Crippen molar-refractivity contribution in [1.29, 1.82) is 0 Å². The van der Waals surface area contributed by atoms with Gasteiger partial charge in [-0.3, -0.25) is 9.48 Å². The minimum absolute atomic E-state index is 0.529. The fourth-order valence-corrected chi connectivity index (χ4v) is 2.47. The highest BCUT2D eigenvalue weighted by molar-refractivity contribution is 6.35. The van der Waals surface area contributed by atoms with Gasteiger partial charge in [0.1, 0.15) is 5.69 Å². The molecule has 3 nitrogen and oxygen atoms in total. The largest absolute Gasteiger partial charge is 0.298 e. The molecule has 2 rings (SSSR count). The maximum Gasteiger partial charge on any atom is 0.153 e. The summed E-state index contributed by atoms with van der Waals surface area (Å²) in [6.07, 6.45) is 3.58. The van der Waals surface area contributed by atoms with Crippen LogP contribution in [0.1, 0.15) is 30.6 Å². The van der Waals surface area contributed by atoms with Gasteiger partial charge in [0, 0.05) is 28.4 Å². The lowest BCUT2D eigenvalue weighted by Gasteiger charge is -2.04. The molecule has 0 radical (unpaired) electrons. The summed E-state index contributed by atoms with van der Waals surface area (Å²) in [6, 6.07) is 5.17. The second-order valence-corrected chi connectivity index (χ2v) is 6.03. The Morgan fingerprint density at radius 1 is 1.25 bits per heavy atom. The summed E-state index contributed by atoms with van der Waals surface area (Å²) in [5, 5.41) is 5.53. The number of aldehydes is 1. The van der Waals surface area contributed by atoms with Gasteiger partial charge in [-0.2, -0.15) is 5.10 Å². The predicted molar refractivity (Wildman–Crippen MR) is 82.5 cm³/mol. The van der Waals surface area contributed by atoms with Crippen LogP contribution in [0.5, 0.6) is 0 Å². The minimum atomic E-state index is 0.529. The van der Waals surface area contributed by atoms with Crippen molar-refractivity contribution in [1.82, 2.24) is 9.78 Å². The molecular formula is C15H16Cl2N2O. The molecule has 1 heterocycles. The summed E-state index contributed by atoms with van der Waals surface area (Å²) >= 11 is 12.0. The standard InChI is InChI=1S/C15H16Cl2N2O/c1-10(2)3-4-19-8-12(9-20)15(18-19)11-5-13(16)7-14(17)6-11/h5-10H,3-4H2,1-2H3. The van der Waals surface area contributed by atoms with Gasteiger partial charge in [0.15, 0.2) is 6.29 Å². The van der Waals surface area contributed by atoms with Crippen LogP contribution in [-0.2, 0) is 6.54 Å². The third-order valence-corrected chi connectivity index (χ3v) is 3.42. The molecule has 0 aliphatic heterocycles. The SMILES string of the molecule is CC(C)CCn1cc(C=O)c(-c2cc(Cl)cc(Cl)c2)n1. The molecule has 0 fully saturated rings. The van der Waals surface area contributed by atoms with Crippen LogP contribution in [0.4, 0.5) is 0 Å². The predicted octanol–water partition coefficient (Wildman–Crippen LogP) is 4.72. The molecule has 20 heavy (non-hydrogen) atoms. The summed E-state index contributed by atoms with van der Waals surface area (Å²) < 4.78 is 1.80. The Hall–Kier alpha value is -1.32. The van der Waals surface area contributed by atoms with Crippen molar-refractivity contribution in [2.45, 2.75) is 26.8 Å². The lowest BCUT2D eigenvalue weighted by Crippen LogP contribution is -2.02. The van der Waals surface area contributed by atoms with E-state index in [1.807, 2.05) is 0 Å². The normalized spacial score (nSPS) is 11.1. The molecule has 0 unspecified atom stereocenters. The Kier molecular flexibility index (Phi) is 4.84. The zero-order chi connectivity index (χ0) is 14.7. The first-order chi connectivity index (χ1) is 9.49. The van der Waals surface area contributed by atoms with Crippen molar-refractivity contribution in [2.24, 2.45) is 5.92 Å². The van der Waals surface area contributed by atoms with Crippen LogP contribution in [0.15, 0.2) is 24.4 Å². The molecule has 2 aromatic rings. The third kappa shape index (κ3) is 3.62. The highest BCUT2D eigenvalue weighted by atomic mass is 35.5. The van der Waals surface area contributed by atoms with Crippen LogP contribution in [0.2, 0.25) is 10.0 Å². The molecule has 5 heteroatoms. The van der Waals surface area contributed by atoms with Gasteiger partial charge in [-0.05, 0) is 30.5 Å². The Labute approximate surface area is 128 Å². The van der Waals surface area contributed by atoms with Crippen LogP contribution in [0, 0.1) is 5.92 Å². The van der Waals surface area contributed by atoms with Crippen LogP contribution in [0.25, 0.3) is 11.3 Å². The zero-order valence-corrected chi connectivity index (χ0v) is 12.9. The lowest BCUT2D eigenvalue weighted by atomic mass is 10.1. The number of aromatic nitrogens is 2. The highest BCUT2D eigenvalue weighted by Crippen LogP contribution is 2.28. The van der Waals surface area contributed by atoms with Crippen molar-refractivity contribution in [3.8, 4) is 11.3 Å². The van der Waals surface area contributed by atoms with E-state index in [1.54, 1.807) is 29.1 Å². The van der Waals surface area contributed by atoms with E-state index in [2.05, 4.69) is 18.9 Å². The number of halogens is 2. The van der Waals surface area contributed by atoms with E-state index in [-0.39, 0.29) is 0 Å². The maximum atomic E-state index is 11.2. The summed E-state index contributed by atoms with van der Waals surface area (Å²) in [4.78, 5) is 11.2. The van der Waals surface area contributed by atoms with E-state index in [0.29, 0.717) is 27.2 Å². The van der Waals surface area contributed by atoms with E-state index in [0.717, 1.165) is 24.8 Å². The molecule has 1 aromatic carbocycles. The number of aryl methyl sites for hydroxylation is 1. The Balaban J connectivity index is 2.37. The van der Waals surface area contributed by atoms with Crippen LogP contribution >= 0.6 is 23.2 Å². The van der Waals surface area contributed by atoms with Crippen molar-refractivity contribution in [3.63, 3.8) is 0 Å². The van der Waals surface area contributed by atoms with Gasteiger partial charge in [-0.25, -0.2) is 0 Å². The second kappa shape index (κ2) is 6.42. The summed E-state index contributed by atoms with van der Waals surface area (Å²) in [5.41, 5.74) is 1.92. The van der Waals surface area contributed by atoms with Crippen molar-refractivity contribution in [2.75, 3.05) is 0 Å². The van der Waals surface area contributed by atoms with E-state index in [9.17, 15) is 4.79 Å². The summed E-state index contributed by atoms with van der Waals surface area (Å²) in [6.45, 7) is 5.09. The van der Waals surface area contributed by atoms with E-state index >= 15 is 0 Å². The molecule has 0 amide bonds. The lowest BCUT2D eigenvalue weighted by molar-refractivity contribution is 0.112. The van der Waals surface area contributed by atoms with Gasteiger partial charge < -0.3 is 0 Å². The zero-order valence-electron chi connectivity index (χ0n) is 11.4. The van der Waals surface area contributed by atoms with Gasteiger partial charge in [-0.1, -0.05) is 37.0 Å². The molecule has 0 saturated heterocycles. The molecule has 0 saturated carbocycles. The third-order valence-electron chi connectivity index (χ3n) is 2.99. The molecule has 0 N–H and O–H groups in total. The van der Waals surface area contributed by atoms with E-state index < -0.39 is 0 Å². The second-order valence-electron chi connectivity index (χ2n) is 5.15. The first kappa shape index (κ1) is 15.1. The summed E-state index contributed by atoms with van der Waals surface area (Å²) in [5.74, 6) is 0.586. The Bertz CT molecular complexity index is 600. The van der Waals surface area contributed by atoms with Crippen LogP contribution in [0.3, 0.4) is 0 Å². The molecule has 0 spiro atoms. The van der Waals surface area contributed by atoms with Gasteiger partial charge >= 0.3 is 0 Å². The number of rotatable bonds is 5. The molecule has 0 bridgehead atoms. The minimum Gasteiger partial charge on any atom is -0.298 e. The molecule has 1 aromatic heterocycles. The number of hydrogen-bond donors (Lipinski definition) is 0. The van der Waals surface area contributed by atoms with E-state index in [4.69, 9.17) is 23.2 Å². The molecule has 106 valence electrons. The molecule has 0 aliphatic carbocycles. The van der Waals surface area contributed by atoms with Crippen LogP contribution in [-0.4, -0.2) is 16.1 Å². The van der Waals surface area contributed by atoms with Gasteiger partial charge in [0.2, 0.25) is 0 Å². The Morgan fingerprint density at radius 3 is 2.45 bits per heavy atom. The van der Waals surface area contributed by atoms with Crippen LogP contribution < -0.4 is 0 Å². The fraction of sp³-hybridized carbons (Fsp3) is 0.333. The number of benzene rings is 1. The average molecular weight is 311 g/mol. The van der Waals surface area contributed by atoms with Crippen molar-refractivity contribution < 1.29 is 4.79 Å². The highest BCUT2D eigenvalue weighted by Gasteiger charge is 2.12. The first-order valence-corrected chi connectivity index (χ1v) is 7.24.